The first-order chi connectivity index (χ1) is 8.50. The number of halogens is 1. The van der Waals surface area contributed by atoms with E-state index in [2.05, 4.69) is 0 Å². The van der Waals surface area contributed by atoms with Crippen molar-refractivity contribution >= 4 is 35.1 Å². The normalized spacial score (nSPS) is 25.3. The molecule has 1 N–H and O–H groups in total. The van der Waals surface area contributed by atoms with E-state index >= 15 is 0 Å². The molecule has 1 heterocycles. The van der Waals surface area contributed by atoms with Gasteiger partial charge in [-0.2, -0.15) is 0 Å². The molecular formula is C12H8ClNO4. The predicted octanol–water partition coefficient (Wildman–Crippen LogP) is 1.55. The number of hydrogen-bond donors (Lipinski definition) is 1. The summed E-state index contributed by atoms with van der Waals surface area (Å²) >= 11 is 5.74. The van der Waals surface area contributed by atoms with Gasteiger partial charge in [-0.1, -0.05) is 11.6 Å². The molecule has 2 aliphatic rings. The smallest absolute Gasteiger partial charge is 0.337 e. The van der Waals surface area contributed by atoms with Gasteiger partial charge in [-0.15, -0.1) is 0 Å². The van der Waals surface area contributed by atoms with Gasteiger partial charge in [-0.3, -0.25) is 14.5 Å². The molecule has 1 aromatic carbocycles. The summed E-state index contributed by atoms with van der Waals surface area (Å²) in [7, 11) is 0. The monoisotopic (exact) mass is 265 g/mol. The SMILES string of the molecule is O=C(O)c1cc(N2C(=O)C3CC3C2=O)ccc1Cl. The molecule has 0 aromatic heterocycles. The van der Waals surface area contributed by atoms with Crippen LogP contribution in [0.1, 0.15) is 16.8 Å². The average Bonchev–Trinajstić information content (AvgIpc) is 3.06. The van der Waals surface area contributed by atoms with Crippen molar-refractivity contribution in [2.45, 2.75) is 6.42 Å². The molecule has 2 atom stereocenters. The van der Waals surface area contributed by atoms with E-state index < -0.39 is 5.97 Å². The Balaban J connectivity index is 2.03. The third-order valence-corrected chi connectivity index (χ3v) is 3.63. The summed E-state index contributed by atoms with van der Waals surface area (Å²) in [6.07, 6.45) is 0.619. The van der Waals surface area contributed by atoms with Crippen LogP contribution in [-0.4, -0.2) is 22.9 Å². The second-order valence-electron chi connectivity index (χ2n) is 4.43. The zero-order valence-corrected chi connectivity index (χ0v) is 9.85. The lowest BCUT2D eigenvalue weighted by molar-refractivity contribution is -0.123. The molecule has 2 unspecified atom stereocenters. The lowest BCUT2D eigenvalue weighted by Crippen LogP contribution is -2.32. The zero-order chi connectivity index (χ0) is 13.0. The number of hydrogen-bond acceptors (Lipinski definition) is 3. The molecule has 6 heteroatoms. The second-order valence-corrected chi connectivity index (χ2v) is 4.84. The molecular weight excluding hydrogens is 258 g/mol. The van der Waals surface area contributed by atoms with Crippen LogP contribution in [0.2, 0.25) is 5.02 Å². The third-order valence-electron chi connectivity index (χ3n) is 3.30. The summed E-state index contributed by atoms with van der Waals surface area (Å²) in [5.41, 5.74) is 0.161. The van der Waals surface area contributed by atoms with Crippen LogP contribution in [0.25, 0.3) is 0 Å². The minimum absolute atomic E-state index is 0.0792. The number of amides is 2. The summed E-state index contributed by atoms with van der Waals surface area (Å²) < 4.78 is 0. The van der Waals surface area contributed by atoms with E-state index in [4.69, 9.17) is 16.7 Å². The molecule has 1 aromatic rings. The molecule has 0 spiro atoms. The van der Waals surface area contributed by atoms with E-state index in [1.165, 1.54) is 18.2 Å². The van der Waals surface area contributed by atoms with Gasteiger partial charge in [0.1, 0.15) is 0 Å². The van der Waals surface area contributed by atoms with Gasteiger partial charge in [0.15, 0.2) is 0 Å². The highest BCUT2D eigenvalue weighted by molar-refractivity contribution is 6.34. The van der Waals surface area contributed by atoms with Gasteiger partial charge in [-0.05, 0) is 24.6 Å². The lowest BCUT2D eigenvalue weighted by atomic mass is 10.2. The fourth-order valence-corrected chi connectivity index (χ4v) is 2.45. The molecule has 1 aliphatic heterocycles. The maximum Gasteiger partial charge on any atom is 0.337 e. The summed E-state index contributed by atoms with van der Waals surface area (Å²) in [6, 6.07) is 4.12. The minimum atomic E-state index is -1.19. The second kappa shape index (κ2) is 3.55. The Labute approximate surface area is 107 Å². The van der Waals surface area contributed by atoms with Crippen LogP contribution in [0.4, 0.5) is 5.69 Å². The molecule has 0 bridgehead atoms. The largest absolute Gasteiger partial charge is 0.478 e. The van der Waals surface area contributed by atoms with Gasteiger partial charge < -0.3 is 5.11 Å². The number of nitrogens with zero attached hydrogens (tertiary/aromatic N) is 1. The Morgan fingerprint density at radius 1 is 1.28 bits per heavy atom. The number of fused-ring (bicyclic) bond motifs is 1. The number of benzene rings is 1. The highest BCUT2D eigenvalue weighted by atomic mass is 35.5. The molecule has 0 radical (unpaired) electrons. The van der Waals surface area contributed by atoms with Crippen molar-refractivity contribution in [2.24, 2.45) is 11.8 Å². The number of carbonyl (C=O) groups excluding carboxylic acids is 2. The summed E-state index contributed by atoms with van der Waals surface area (Å²) in [6.45, 7) is 0. The first-order valence-electron chi connectivity index (χ1n) is 5.41. The van der Waals surface area contributed by atoms with Crippen LogP contribution in [-0.2, 0) is 9.59 Å². The number of aromatic carboxylic acids is 1. The van der Waals surface area contributed by atoms with Crippen LogP contribution >= 0.6 is 11.6 Å². The maximum absolute atomic E-state index is 11.8. The first-order valence-corrected chi connectivity index (χ1v) is 5.79. The Morgan fingerprint density at radius 2 is 1.89 bits per heavy atom. The topological polar surface area (TPSA) is 74.7 Å². The van der Waals surface area contributed by atoms with Crippen molar-refractivity contribution in [3.63, 3.8) is 0 Å². The van der Waals surface area contributed by atoms with Crippen molar-refractivity contribution in [1.82, 2.24) is 0 Å². The van der Waals surface area contributed by atoms with Crippen molar-refractivity contribution in [3.8, 4) is 0 Å². The predicted molar refractivity (Wildman–Crippen MR) is 62.5 cm³/mol. The van der Waals surface area contributed by atoms with Crippen molar-refractivity contribution < 1.29 is 19.5 Å². The fraction of sp³-hybridized carbons (Fsp3) is 0.250. The lowest BCUT2D eigenvalue weighted by Gasteiger charge is -2.17. The Bertz CT molecular complexity index is 578. The molecule has 2 fully saturated rings. The van der Waals surface area contributed by atoms with E-state index in [0.29, 0.717) is 6.42 Å². The first kappa shape index (κ1) is 11.2. The number of anilines is 1. The van der Waals surface area contributed by atoms with Crippen molar-refractivity contribution in [1.29, 1.82) is 0 Å². The van der Waals surface area contributed by atoms with Gasteiger partial charge in [0, 0.05) is 0 Å². The maximum atomic E-state index is 11.8. The fourth-order valence-electron chi connectivity index (χ4n) is 2.25. The van der Waals surface area contributed by atoms with E-state index in [-0.39, 0.29) is 39.9 Å². The molecule has 3 rings (SSSR count). The van der Waals surface area contributed by atoms with Gasteiger partial charge in [-0.25, -0.2) is 4.79 Å². The van der Waals surface area contributed by atoms with Crippen LogP contribution in [0.5, 0.6) is 0 Å². The molecule has 1 aliphatic carbocycles. The highest BCUT2D eigenvalue weighted by Crippen LogP contribution is 2.48. The number of rotatable bonds is 2. The molecule has 92 valence electrons. The van der Waals surface area contributed by atoms with Gasteiger partial charge in [0.2, 0.25) is 11.8 Å². The Morgan fingerprint density at radius 3 is 2.44 bits per heavy atom. The number of carboxylic acids is 1. The van der Waals surface area contributed by atoms with Crippen LogP contribution in [0, 0.1) is 11.8 Å². The average molecular weight is 266 g/mol. The van der Waals surface area contributed by atoms with Crippen molar-refractivity contribution in [3.05, 3.63) is 28.8 Å². The standard InChI is InChI=1S/C12H8ClNO4/c13-9-2-1-5(3-8(9)12(17)18)14-10(15)6-4-7(6)11(14)16/h1-3,6-7H,4H2,(H,17,18). The van der Waals surface area contributed by atoms with E-state index in [0.717, 1.165) is 4.90 Å². The number of piperidine rings is 1. The summed E-state index contributed by atoms with van der Waals surface area (Å²) in [5.74, 6) is -2.10. The van der Waals surface area contributed by atoms with Gasteiger partial charge in [0.05, 0.1) is 28.1 Å². The van der Waals surface area contributed by atoms with Crippen LogP contribution in [0.3, 0.4) is 0 Å². The van der Waals surface area contributed by atoms with Crippen LogP contribution in [0.15, 0.2) is 18.2 Å². The minimum Gasteiger partial charge on any atom is -0.478 e. The third kappa shape index (κ3) is 1.44. The van der Waals surface area contributed by atoms with E-state index in [9.17, 15) is 14.4 Å². The van der Waals surface area contributed by atoms with E-state index in [1.807, 2.05) is 0 Å². The number of carbonyl (C=O) groups is 3. The summed E-state index contributed by atoms with van der Waals surface area (Å²) in [5, 5.41) is 9.03. The van der Waals surface area contributed by atoms with E-state index in [1.54, 1.807) is 0 Å². The Kier molecular flexibility index (Phi) is 2.22. The molecule has 1 saturated carbocycles. The molecule has 18 heavy (non-hydrogen) atoms. The van der Waals surface area contributed by atoms with Crippen molar-refractivity contribution in [2.75, 3.05) is 4.90 Å². The zero-order valence-electron chi connectivity index (χ0n) is 9.09. The van der Waals surface area contributed by atoms with Crippen LogP contribution < -0.4 is 4.90 Å². The quantitative estimate of drug-likeness (QED) is 0.823. The number of carboxylic acid groups (broad SMARTS) is 1. The number of imide groups is 1. The molecule has 1 saturated heterocycles. The summed E-state index contributed by atoms with van der Waals surface area (Å²) in [4.78, 5) is 35.7. The highest BCUT2D eigenvalue weighted by Gasteiger charge is 2.59. The van der Waals surface area contributed by atoms with Gasteiger partial charge >= 0.3 is 5.97 Å². The van der Waals surface area contributed by atoms with Gasteiger partial charge in [0.25, 0.3) is 0 Å². The molecule has 2 amide bonds. The molecule has 5 nitrogen and oxygen atoms in total. The Hall–Kier alpha value is -1.88.